The van der Waals surface area contributed by atoms with Gasteiger partial charge in [0, 0.05) is 32.5 Å². The van der Waals surface area contributed by atoms with Crippen LogP contribution in [0.5, 0.6) is 0 Å². The van der Waals surface area contributed by atoms with Gasteiger partial charge in [0.15, 0.2) is 0 Å². The fourth-order valence-corrected chi connectivity index (χ4v) is 4.64. The quantitative estimate of drug-likeness (QED) is 0.213. The highest BCUT2D eigenvalue weighted by atomic mass is 127. The number of nitrogens with zero attached hydrogens (tertiary/aromatic N) is 2. The molecule has 0 aliphatic rings. The zero-order valence-corrected chi connectivity index (χ0v) is 19.9. The van der Waals surface area contributed by atoms with E-state index >= 15 is 0 Å². The fourth-order valence-electron chi connectivity index (χ4n) is 4.28. The molecule has 0 atom stereocenters. The molecule has 4 aromatic carbocycles. The van der Waals surface area contributed by atoms with E-state index in [4.69, 9.17) is 4.98 Å². The highest BCUT2D eigenvalue weighted by Gasteiger charge is 2.08. The Morgan fingerprint density at radius 1 is 0.515 bits per heavy atom. The molecule has 2 aromatic heterocycles. The maximum Gasteiger partial charge on any atom is 0.0795 e. The van der Waals surface area contributed by atoms with E-state index in [1.807, 2.05) is 18.5 Å². The largest absolute Gasteiger partial charge is 0.256 e. The average molecular weight is 534 g/mol. The van der Waals surface area contributed by atoms with Gasteiger partial charge in [0.05, 0.1) is 11.2 Å². The monoisotopic (exact) mass is 534 g/mol. The average Bonchev–Trinajstić information content (AvgIpc) is 2.88. The second kappa shape index (κ2) is 8.41. The van der Waals surface area contributed by atoms with Crippen LogP contribution in [-0.2, 0) is 0 Å². The topological polar surface area (TPSA) is 25.8 Å². The van der Waals surface area contributed by atoms with Gasteiger partial charge in [-0.05, 0) is 86.5 Å². The van der Waals surface area contributed by atoms with Crippen molar-refractivity contribution in [2.45, 2.75) is 0 Å². The van der Waals surface area contributed by atoms with Crippen molar-refractivity contribution in [2.24, 2.45) is 0 Å². The van der Waals surface area contributed by atoms with E-state index in [-0.39, 0.29) is 0 Å². The Bertz CT molecular complexity index is 1600. The van der Waals surface area contributed by atoms with Gasteiger partial charge >= 0.3 is 0 Å². The van der Waals surface area contributed by atoms with Gasteiger partial charge in [-0.25, -0.2) is 0 Å². The molecule has 2 nitrogen and oxygen atoms in total. The van der Waals surface area contributed by atoms with Gasteiger partial charge in [0.2, 0.25) is 0 Å². The number of hydrogen-bond acceptors (Lipinski definition) is 2. The predicted molar refractivity (Wildman–Crippen MR) is 146 cm³/mol. The maximum atomic E-state index is 4.79. The smallest absolute Gasteiger partial charge is 0.0795 e. The Morgan fingerprint density at radius 2 is 1.21 bits per heavy atom. The van der Waals surface area contributed by atoms with E-state index in [9.17, 15) is 0 Å². The zero-order valence-electron chi connectivity index (χ0n) is 17.7. The van der Waals surface area contributed by atoms with Gasteiger partial charge in [-0.1, -0.05) is 66.7 Å². The number of rotatable bonds is 3. The second-order valence-electron chi connectivity index (χ2n) is 8.10. The van der Waals surface area contributed by atoms with Gasteiger partial charge in [0.1, 0.15) is 0 Å². The first-order chi connectivity index (χ1) is 16.2. The Kier molecular flexibility index (Phi) is 5.11. The summed E-state index contributed by atoms with van der Waals surface area (Å²) < 4.78 is 1.25. The second-order valence-corrected chi connectivity index (χ2v) is 9.34. The number of pyridine rings is 2. The summed E-state index contributed by atoms with van der Waals surface area (Å²) in [5.74, 6) is 0. The van der Waals surface area contributed by atoms with Gasteiger partial charge < -0.3 is 0 Å². The normalized spacial score (nSPS) is 11.2. The Hall–Kier alpha value is -3.57. The molecule has 0 aliphatic carbocycles. The number of halogens is 1. The molecule has 6 aromatic rings. The van der Waals surface area contributed by atoms with Gasteiger partial charge in [0.25, 0.3) is 0 Å². The van der Waals surface area contributed by atoms with Crippen LogP contribution in [-0.4, -0.2) is 9.97 Å². The van der Waals surface area contributed by atoms with Gasteiger partial charge in [-0.15, -0.1) is 0 Å². The number of fused-ring (bicyclic) bond motifs is 2. The van der Waals surface area contributed by atoms with Crippen molar-refractivity contribution in [1.82, 2.24) is 9.97 Å². The number of benzene rings is 4. The molecule has 0 aliphatic heterocycles. The van der Waals surface area contributed by atoms with Crippen molar-refractivity contribution in [2.75, 3.05) is 0 Å². The zero-order chi connectivity index (χ0) is 22.2. The molecule has 2 heterocycles. The van der Waals surface area contributed by atoms with E-state index < -0.39 is 0 Å². The molecule has 3 heteroatoms. The SMILES string of the molecule is Ic1ccc(-c2ccc3ccc(-c4ccc(-c5cccc6cccnc56)nc4)cc3c2)cc1. The number of aromatic nitrogens is 2. The molecule has 0 fully saturated rings. The summed E-state index contributed by atoms with van der Waals surface area (Å²) in [5, 5.41) is 3.59. The highest BCUT2D eigenvalue weighted by molar-refractivity contribution is 14.1. The van der Waals surface area contributed by atoms with Crippen LogP contribution in [0.3, 0.4) is 0 Å². The lowest BCUT2D eigenvalue weighted by Gasteiger charge is -2.09. The minimum Gasteiger partial charge on any atom is -0.256 e. The third-order valence-corrected chi connectivity index (χ3v) is 6.74. The van der Waals surface area contributed by atoms with Crippen LogP contribution in [0, 0.1) is 3.57 Å². The molecule has 0 radical (unpaired) electrons. The van der Waals surface area contributed by atoms with Crippen LogP contribution in [0.2, 0.25) is 0 Å². The van der Waals surface area contributed by atoms with Crippen molar-refractivity contribution in [3.05, 3.63) is 119 Å². The first-order valence-corrected chi connectivity index (χ1v) is 11.9. The summed E-state index contributed by atoms with van der Waals surface area (Å²) in [6, 6.07) is 36.4. The van der Waals surface area contributed by atoms with Crippen molar-refractivity contribution >= 4 is 44.3 Å². The van der Waals surface area contributed by atoms with Crippen LogP contribution in [0.4, 0.5) is 0 Å². The predicted octanol–water partition coefficient (Wildman–Crippen LogP) is 8.39. The summed E-state index contributed by atoms with van der Waals surface area (Å²) in [4.78, 5) is 9.36. The summed E-state index contributed by atoms with van der Waals surface area (Å²) in [5.41, 5.74) is 7.70. The van der Waals surface area contributed by atoms with E-state index in [1.54, 1.807) is 0 Å². The van der Waals surface area contributed by atoms with Gasteiger partial charge in [-0.2, -0.15) is 0 Å². The molecule has 6 rings (SSSR count). The summed E-state index contributed by atoms with van der Waals surface area (Å²) in [7, 11) is 0. The van der Waals surface area contributed by atoms with Crippen LogP contribution in [0.25, 0.3) is 55.2 Å². The molecule has 0 amide bonds. The van der Waals surface area contributed by atoms with Crippen molar-refractivity contribution in [1.29, 1.82) is 0 Å². The standard InChI is InChI=1S/C30H19IN2/c31-27-13-10-20(11-14-27)23-8-6-21-7-9-24(18-26(21)17-23)25-12-15-29(33-19-25)28-5-1-3-22-4-2-16-32-30(22)28/h1-19H. The summed E-state index contributed by atoms with van der Waals surface area (Å²) in [6.45, 7) is 0. The minimum absolute atomic E-state index is 0.935. The molecular weight excluding hydrogens is 515 g/mol. The first kappa shape index (κ1) is 20.1. The Balaban J connectivity index is 1.37. The maximum absolute atomic E-state index is 4.79. The molecular formula is C30H19IN2. The Morgan fingerprint density at radius 3 is 1.97 bits per heavy atom. The summed E-state index contributed by atoms with van der Waals surface area (Å²) >= 11 is 2.34. The van der Waals surface area contributed by atoms with Crippen molar-refractivity contribution < 1.29 is 0 Å². The molecule has 0 saturated carbocycles. The highest BCUT2D eigenvalue weighted by Crippen LogP contribution is 2.31. The first-order valence-electron chi connectivity index (χ1n) is 10.8. The molecule has 0 saturated heterocycles. The third kappa shape index (κ3) is 3.89. The van der Waals surface area contributed by atoms with E-state index in [0.29, 0.717) is 0 Å². The molecule has 33 heavy (non-hydrogen) atoms. The third-order valence-electron chi connectivity index (χ3n) is 6.02. The molecule has 0 N–H and O–H groups in total. The van der Waals surface area contributed by atoms with Crippen molar-refractivity contribution in [3.63, 3.8) is 0 Å². The number of para-hydroxylation sites is 1. The lowest BCUT2D eigenvalue weighted by molar-refractivity contribution is 1.32. The fraction of sp³-hybridized carbons (Fsp3) is 0. The van der Waals surface area contributed by atoms with E-state index in [0.717, 1.165) is 33.3 Å². The van der Waals surface area contributed by atoms with Crippen molar-refractivity contribution in [3.8, 4) is 33.5 Å². The van der Waals surface area contributed by atoms with E-state index in [1.165, 1.54) is 25.5 Å². The number of hydrogen-bond donors (Lipinski definition) is 0. The molecule has 156 valence electrons. The molecule has 0 unspecified atom stereocenters. The van der Waals surface area contributed by atoms with Gasteiger partial charge in [-0.3, -0.25) is 9.97 Å². The lowest BCUT2D eigenvalue weighted by Crippen LogP contribution is -1.88. The molecule has 0 spiro atoms. The van der Waals surface area contributed by atoms with Crippen LogP contribution >= 0.6 is 22.6 Å². The van der Waals surface area contributed by atoms with Crippen LogP contribution in [0.15, 0.2) is 116 Å². The lowest BCUT2D eigenvalue weighted by atomic mass is 9.98. The van der Waals surface area contributed by atoms with Crippen LogP contribution < -0.4 is 0 Å². The van der Waals surface area contributed by atoms with Crippen LogP contribution in [0.1, 0.15) is 0 Å². The molecule has 0 bridgehead atoms. The minimum atomic E-state index is 0.935. The van der Waals surface area contributed by atoms with E-state index in [2.05, 4.69) is 125 Å². The Labute approximate surface area is 206 Å². The summed E-state index contributed by atoms with van der Waals surface area (Å²) in [6.07, 6.45) is 3.79.